The molecule has 0 atom stereocenters. The second-order valence-electron chi connectivity index (χ2n) is 8.19. The molecule has 0 amide bonds. The van der Waals surface area contributed by atoms with Gasteiger partial charge >= 0.3 is 5.97 Å². The molecule has 0 saturated carbocycles. The first-order chi connectivity index (χ1) is 16.7. The van der Waals surface area contributed by atoms with E-state index in [1.807, 2.05) is 0 Å². The highest BCUT2D eigenvalue weighted by molar-refractivity contribution is 6.05. The van der Waals surface area contributed by atoms with Crippen molar-refractivity contribution in [1.29, 1.82) is 0 Å². The van der Waals surface area contributed by atoms with E-state index < -0.39 is 29.0 Å². The minimum absolute atomic E-state index is 0.0679. The Kier molecular flexibility index (Phi) is 5.39. The molecule has 1 N–H and O–H groups in total. The topological polar surface area (TPSA) is 77.1 Å². The zero-order valence-corrected chi connectivity index (χ0v) is 18.4. The number of aromatic nitrogens is 3. The fourth-order valence-corrected chi connectivity index (χ4v) is 4.43. The summed E-state index contributed by atoms with van der Waals surface area (Å²) in [6, 6.07) is 13.8. The number of carbonyl (C=O) groups is 1. The molecule has 0 saturated heterocycles. The largest absolute Gasteiger partial charge is 0.480 e. The molecule has 0 fully saturated rings. The molecule has 3 aromatic carbocycles. The number of hydrogen-bond acceptors (Lipinski definition) is 3. The van der Waals surface area contributed by atoms with Crippen LogP contribution in [0.5, 0.6) is 0 Å². The summed E-state index contributed by atoms with van der Waals surface area (Å²) < 4.78 is 44.6. The van der Waals surface area contributed by atoms with E-state index in [1.165, 1.54) is 28.8 Å². The van der Waals surface area contributed by atoms with Crippen LogP contribution in [-0.4, -0.2) is 25.4 Å². The lowest BCUT2D eigenvalue weighted by molar-refractivity contribution is -0.137. The van der Waals surface area contributed by atoms with E-state index >= 15 is 0 Å². The van der Waals surface area contributed by atoms with Crippen LogP contribution in [0.15, 0.2) is 65.5 Å². The van der Waals surface area contributed by atoms with Crippen LogP contribution in [-0.2, 0) is 17.9 Å². The predicted molar refractivity (Wildman–Crippen MR) is 125 cm³/mol. The first-order valence-electron chi connectivity index (χ1n) is 10.7. The van der Waals surface area contributed by atoms with Crippen LogP contribution in [0.25, 0.3) is 32.9 Å². The summed E-state index contributed by atoms with van der Waals surface area (Å²) in [4.78, 5) is 24.7. The first kappa shape index (κ1) is 22.4. The maximum Gasteiger partial charge on any atom is 0.323 e. The Balaban J connectivity index is 1.83. The monoisotopic (exact) mass is 477 g/mol. The zero-order valence-electron chi connectivity index (χ0n) is 18.4. The molecule has 2 heterocycles. The lowest BCUT2D eigenvalue weighted by atomic mass is 10.0. The second-order valence-corrected chi connectivity index (χ2v) is 8.19. The fraction of sp³-hybridized carbons (Fsp3) is 0.115. The lowest BCUT2D eigenvalue weighted by Gasteiger charge is -2.13. The number of nitrogens with zero attached hydrogens (tertiary/aromatic N) is 3. The van der Waals surface area contributed by atoms with Crippen LogP contribution in [0.4, 0.5) is 13.2 Å². The molecular formula is C26H18F3N3O3. The highest BCUT2D eigenvalue weighted by Gasteiger charge is 2.22. The minimum atomic E-state index is -1.07. The van der Waals surface area contributed by atoms with Crippen LogP contribution in [0, 0.1) is 24.4 Å². The standard InChI is InChI=1S/C26H18F3N3O3/c1-14-24(20-10-16(27)8-9-22(20)31(14)13-23(33)34)25-18-4-2-3-5-19(18)26(35)32(30-25)12-15-6-7-17(28)11-21(15)29/h2-11H,12-13H2,1H3,(H,33,34). The van der Waals surface area contributed by atoms with Gasteiger partial charge in [-0.1, -0.05) is 24.3 Å². The van der Waals surface area contributed by atoms with Gasteiger partial charge in [0.25, 0.3) is 5.56 Å². The SMILES string of the molecule is Cc1c(-c2nn(Cc3ccc(F)cc3F)c(=O)c3ccccc23)c2cc(F)ccc2n1CC(=O)O. The number of halogens is 3. The number of benzene rings is 3. The molecule has 0 aliphatic heterocycles. The Bertz CT molecular complexity index is 1710. The van der Waals surface area contributed by atoms with Gasteiger partial charge in [0.15, 0.2) is 0 Å². The first-order valence-corrected chi connectivity index (χ1v) is 10.7. The van der Waals surface area contributed by atoms with E-state index in [0.717, 1.165) is 16.8 Å². The number of hydrogen-bond donors (Lipinski definition) is 1. The summed E-state index contributed by atoms with van der Waals surface area (Å²) >= 11 is 0. The Hall–Kier alpha value is -4.40. The highest BCUT2D eigenvalue weighted by atomic mass is 19.1. The Morgan fingerprint density at radius 2 is 1.63 bits per heavy atom. The molecule has 0 radical (unpaired) electrons. The average Bonchev–Trinajstić information content (AvgIpc) is 3.07. The summed E-state index contributed by atoms with van der Waals surface area (Å²) in [5.74, 6) is -3.15. The van der Waals surface area contributed by atoms with Crippen molar-refractivity contribution in [2.75, 3.05) is 0 Å². The molecule has 176 valence electrons. The minimum Gasteiger partial charge on any atom is -0.480 e. The van der Waals surface area contributed by atoms with E-state index in [4.69, 9.17) is 0 Å². The number of aliphatic carboxylic acids is 1. The van der Waals surface area contributed by atoms with E-state index in [9.17, 15) is 27.9 Å². The van der Waals surface area contributed by atoms with Gasteiger partial charge in [-0.15, -0.1) is 0 Å². The Morgan fingerprint density at radius 1 is 0.943 bits per heavy atom. The van der Waals surface area contributed by atoms with Gasteiger partial charge in [0.1, 0.15) is 29.7 Å². The van der Waals surface area contributed by atoms with Gasteiger partial charge in [0.2, 0.25) is 0 Å². The van der Waals surface area contributed by atoms with Crippen molar-refractivity contribution in [2.24, 2.45) is 0 Å². The van der Waals surface area contributed by atoms with Gasteiger partial charge in [0, 0.05) is 39.2 Å². The van der Waals surface area contributed by atoms with Gasteiger partial charge < -0.3 is 9.67 Å². The van der Waals surface area contributed by atoms with Crippen LogP contribution in [0.1, 0.15) is 11.3 Å². The highest BCUT2D eigenvalue weighted by Crippen LogP contribution is 2.37. The fourth-order valence-electron chi connectivity index (χ4n) is 4.43. The molecule has 0 unspecified atom stereocenters. The van der Waals surface area contributed by atoms with Gasteiger partial charge in [-0.05, 0) is 37.3 Å². The summed E-state index contributed by atoms with van der Waals surface area (Å²) in [5.41, 5.74) is 1.38. The summed E-state index contributed by atoms with van der Waals surface area (Å²) in [6.07, 6.45) is 0. The molecule has 35 heavy (non-hydrogen) atoms. The third-order valence-electron chi connectivity index (χ3n) is 6.02. The van der Waals surface area contributed by atoms with Crippen molar-refractivity contribution in [3.8, 4) is 11.3 Å². The second kappa shape index (κ2) is 8.43. The lowest BCUT2D eigenvalue weighted by Crippen LogP contribution is -2.25. The van der Waals surface area contributed by atoms with E-state index in [1.54, 1.807) is 31.2 Å². The van der Waals surface area contributed by atoms with Gasteiger partial charge in [-0.3, -0.25) is 9.59 Å². The Labute approximate surface area is 196 Å². The van der Waals surface area contributed by atoms with Crippen LogP contribution < -0.4 is 5.56 Å². The Morgan fingerprint density at radius 3 is 2.34 bits per heavy atom. The molecular weight excluding hydrogens is 459 g/mol. The quantitative estimate of drug-likeness (QED) is 0.392. The normalized spacial score (nSPS) is 11.4. The van der Waals surface area contributed by atoms with Crippen molar-refractivity contribution in [3.05, 3.63) is 99.7 Å². The van der Waals surface area contributed by atoms with Crippen LogP contribution >= 0.6 is 0 Å². The van der Waals surface area contributed by atoms with Crippen molar-refractivity contribution in [2.45, 2.75) is 20.0 Å². The molecule has 0 aliphatic rings. The van der Waals surface area contributed by atoms with Gasteiger partial charge in [0.05, 0.1) is 11.9 Å². The molecule has 6 nitrogen and oxygen atoms in total. The molecule has 5 rings (SSSR count). The zero-order chi connectivity index (χ0) is 24.9. The summed E-state index contributed by atoms with van der Waals surface area (Å²) in [7, 11) is 0. The van der Waals surface area contributed by atoms with E-state index in [-0.39, 0.29) is 18.7 Å². The van der Waals surface area contributed by atoms with E-state index in [2.05, 4.69) is 5.10 Å². The van der Waals surface area contributed by atoms with Gasteiger partial charge in [-0.25, -0.2) is 17.9 Å². The van der Waals surface area contributed by atoms with Crippen LogP contribution in [0.3, 0.4) is 0 Å². The summed E-state index contributed by atoms with van der Waals surface area (Å²) in [5, 5.41) is 15.2. The van der Waals surface area contributed by atoms with Crippen molar-refractivity contribution in [1.82, 2.24) is 14.3 Å². The number of carboxylic acid groups (broad SMARTS) is 1. The smallest absolute Gasteiger partial charge is 0.323 e. The maximum absolute atomic E-state index is 14.4. The molecule has 0 aliphatic carbocycles. The molecule has 0 bridgehead atoms. The van der Waals surface area contributed by atoms with E-state index in [0.29, 0.717) is 38.6 Å². The molecule has 0 spiro atoms. The van der Waals surface area contributed by atoms with Crippen molar-refractivity contribution >= 4 is 27.6 Å². The molecule has 5 aromatic rings. The van der Waals surface area contributed by atoms with Gasteiger partial charge in [-0.2, -0.15) is 5.10 Å². The van der Waals surface area contributed by atoms with Crippen molar-refractivity contribution in [3.63, 3.8) is 0 Å². The molecule has 2 aromatic heterocycles. The van der Waals surface area contributed by atoms with Crippen LogP contribution in [0.2, 0.25) is 0 Å². The average molecular weight is 477 g/mol. The number of fused-ring (bicyclic) bond motifs is 2. The predicted octanol–water partition coefficient (Wildman–Crippen LogP) is 4.88. The third-order valence-corrected chi connectivity index (χ3v) is 6.02. The number of rotatable bonds is 5. The number of carboxylic acids is 1. The molecule has 9 heteroatoms. The maximum atomic E-state index is 14.4. The summed E-state index contributed by atoms with van der Waals surface area (Å²) in [6.45, 7) is 1.08. The third kappa shape index (κ3) is 3.84. The van der Waals surface area contributed by atoms with Crippen molar-refractivity contribution < 1.29 is 23.1 Å².